The van der Waals surface area contributed by atoms with Gasteiger partial charge in [0.1, 0.15) is 0 Å². The Morgan fingerprint density at radius 3 is 2.43 bits per heavy atom. The van der Waals surface area contributed by atoms with Gasteiger partial charge in [0.25, 0.3) is 17.7 Å². The van der Waals surface area contributed by atoms with Crippen LogP contribution in [0.25, 0.3) is 0 Å². The molecule has 3 amide bonds. The molecule has 0 fully saturated rings. The highest BCUT2D eigenvalue weighted by Crippen LogP contribution is 2.23. The summed E-state index contributed by atoms with van der Waals surface area (Å²) in [7, 11) is 3.12. The fourth-order valence-electron chi connectivity index (χ4n) is 2.55. The van der Waals surface area contributed by atoms with Gasteiger partial charge in [-0.2, -0.15) is 0 Å². The largest absolute Gasteiger partial charge is 0.337 e. The van der Waals surface area contributed by atoms with Crippen molar-refractivity contribution in [2.45, 2.75) is 6.54 Å². The Bertz CT molecular complexity index is 802. The number of pyridine rings is 1. The fraction of sp³-hybridized carbons (Fsp3) is 0.176. The van der Waals surface area contributed by atoms with E-state index in [2.05, 4.69) is 4.98 Å². The lowest BCUT2D eigenvalue weighted by Gasteiger charge is -2.17. The molecule has 1 aromatic heterocycles. The van der Waals surface area contributed by atoms with Crippen LogP contribution < -0.4 is 0 Å². The minimum atomic E-state index is -0.378. The summed E-state index contributed by atoms with van der Waals surface area (Å²) in [5, 5.41) is 0. The monoisotopic (exact) mass is 309 g/mol. The zero-order chi connectivity index (χ0) is 16.6. The van der Waals surface area contributed by atoms with E-state index >= 15 is 0 Å². The number of amides is 3. The first-order chi connectivity index (χ1) is 11.0. The van der Waals surface area contributed by atoms with Crippen molar-refractivity contribution in [2.75, 3.05) is 14.1 Å². The number of hydrogen-bond donors (Lipinski definition) is 0. The third-order valence-electron chi connectivity index (χ3n) is 3.85. The van der Waals surface area contributed by atoms with Gasteiger partial charge in [0.15, 0.2) is 0 Å². The average Bonchev–Trinajstić information content (AvgIpc) is 2.79. The maximum Gasteiger partial charge on any atom is 0.261 e. The van der Waals surface area contributed by atoms with Gasteiger partial charge in [-0.05, 0) is 35.9 Å². The van der Waals surface area contributed by atoms with Crippen LogP contribution >= 0.6 is 0 Å². The van der Waals surface area contributed by atoms with Gasteiger partial charge in [-0.15, -0.1) is 0 Å². The highest BCUT2D eigenvalue weighted by atomic mass is 16.2. The van der Waals surface area contributed by atoms with E-state index in [1.807, 2.05) is 12.1 Å². The first-order valence-corrected chi connectivity index (χ1v) is 7.10. The standard InChI is InChI=1S/C17H15N3O3/c1-19(10-11-5-7-18-8-6-11)15(21)12-3-4-13-14(9-12)17(23)20(2)16(13)22/h3-9H,10H2,1-2H3. The number of fused-ring (bicyclic) bond motifs is 1. The van der Waals surface area contributed by atoms with E-state index in [-0.39, 0.29) is 23.3 Å². The Morgan fingerprint density at radius 1 is 1.09 bits per heavy atom. The molecule has 3 rings (SSSR count). The van der Waals surface area contributed by atoms with Crippen LogP contribution in [-0.4, -0.2) is 46.6 Å². The topological polar surface area (TPSA) is 70.6 Å². The molecule has 0 unspecified atom stereocenters. The Morgan fingerprint density at radius 2 is 1.74 bits per heavy atom. The number of imide groups is 1. The molecule has 1 aliphatic rings. The number of carbonyl (C=O) groups excluding carboxylic acids is 3. The predicted octanol–water partition coefficient (Wildman–Crippen LogP) is 1.58. The van der Waals surface area contributed by atoms with Crippen LogP contribution in [0.15, 0.2) is 42.7 Å². The van der Waals surface area contributed by atoms with Gasteiger partial charge in [0.2, 0.25) is 0 Å². The molecule has 0 saturated carbocycles. The molecule has 0 aliphatic carbocycles. The van der Waals surface area contributed by atoms with Crippen LogP contribution in [0.2, 0.25) is 0 Å². The summed E-state index contributed by atoms with van der Waals surface area (Å²) in [4.78, 5) is 43.0. The van der Waals surface area contributed by atoms with E-state index < -0.39 is 0 Å². The average molecular weight is 309 g/mol. The van der Waals surface area contributed by atoms with Gasteiger partial charge >= 0.3 is 0 Å². The number of carbonyl (C=O) groups is 3. The van der Waals surface area contributed by atoms with Crippen LogP contribution in [0.1, 0.15) is 36.6 Å². The quantitative estimate of drug-likeness (QED) is 0.807. The summed E-state index contributed by atoms with van der Waals surface area (Å²) in [6.45, 7) is 0.436. The molecule has 6 heteroatoms. The van der Waals surface area contributed by atoms with E-state index in [4.69, 9.17) is 0 Å². The third-order valence-corrected chi connectivity index (χ3v) is 3.85. The lowest BCUT2D eigenvalue weighted by Crippen LogP contribution is -2.26. The molecule has 0 saturated heterocycles. The van der Waals surface area contributed by atoms with E-state index in [0.717, 1.165) is 10.5 Å². The highest BCUT2D eigenvalue weighted by molar-refractivity contribution is 6.21. The Hall–Kier alpha value is -3.02. The number of nitrogens with zero attached hydrogens (tertiary/aromatic N) is 3. The molecule has 0 N–H and O–H groups in total. The lowest BCUT2D eigenvalue weighted by molar-refractivity contribution is 0.0692. The molecule has 0 atom stereocenters. The summed E-state index contributed by atoms with van der Waals surface area (Å²) < 4.78 is 0. The zero-order valence-corrected chi connectivity index (χ0v) is 12.8. The normalized spacial score (nSPS) is 13.2. The SMILES string of the molecule is CN(Cc1ccncc1)C(=O)c1ccc2c(c1)C(=O)N(C)C2=O. The van der Waals surface area contributed by atoms with Crippen LogP contribution in [0.4, 0.5) is 0 Å². The van der Waals surface area contributed by atoms with Crippen molar-refractivity contribution in [1.29, 1.82) is 0 Å². The first kappa shape index (κ1) is 14.9. The Balaban J connectivity index is 1.84. The number of benzene rings is 1. The number of rotatable bonds is 3. The van der Waals surface area contributed by atoms with Crippen molar-refractivity contribution >= 4 is 17.7 Å². The Labute approximate surface area is 133 Å². The zero-order valence-electron chi connectivity index (χ0n) is 12.8. The number of aromatic nitrogens is 1. The smallest absolute Gasteiger partial charge is 0.261 e. The maximum atomic E-state index is 12.5. The van der Waals surface area contributed by atoms with Gasteiger partial charge in [-0.3, -0.25) is 24.3 Å². The molecule has 2 heterocycles. The predicted molar refractivity (Wildman–Crippen MR) is 82.9 cm³/mol. The molecule has 2 aromatic rings. The van der Waals surface area contributed by atoms with Crippen molar-refractivity contribution in [3.8, 4) is 0 Å². The first-order valence-electron chi connectivity index (χ1n) is 7.10. The molecule has 0 radical (unpaired) electrons. The minimum absolute atomic E-state index is 0.209. The van der Waals surface area contributed by atoms with Crippen molar-refractivity contribution < 1.29 is 14.4 Å². The summed E-state index contributed by atoms with van der Waals surface area (Å²) in [6, 6.07) is 8.28. The van der Waals surface area contributed by atoms with Gasteiger partial charge in [-0.1, -0.05) is 0 Å². The summed E-state index contributed by atoms with van der Waals surface area (Å²) >= 11 is 0. The van der Waals surface area contributed by atoms with Crippen LogP contribution in [0.3, 0.4) is 0 Å². The molecule has 23 heavy (non-hydrogen) atoms. The maximum absolute atomic E-state index is 12.5. The molecule has 0 spiro atoms. The van der Waals surface area contributed by atoms with Crippen molar-refractivity contribution in [3.63, 3.8) is 0 Å². The molecule has 1 aromatic carbocycles. The lowest BCUT2D eigenvalue weighted by atomic mass is 10.0. The molecule has 0 bridgehead atoms. The van der Waals surface area contributed by atoms with Crippen molar-refractivity contribution in [3.05, 3.63) is 65.0 Å². The van der Waals surface area contributed by atoms with Gasteiger partial charge in [-0.25, -0.2) is 0 Å². The fourth-order valence-corrected chi connectivity index (χ4v) is 2.55. The van der Waals surface area contributed by atoms with E-state index in [9.17, 15) is 14.4 Å². The second-order valence-electron chi connectivity index (χ2n) is 5.45. The second-order valence-corrected chi connectivity index (χ2v) is 5.45. The van der Waals surface area contributed by atoms with E-state index in [1.165, 1.54) is 19.2 Å². The molecular weight excluding hydrogens is 294 g/mol. The molecule has 116 valence electrons. The Kier molecular flexibility index (Phi) is 3.65. The summed E-state index contributed by atoms with van der Waals surface area (Å²) in [6.07, 6.45) is 3.34. The van der Waals surface area contributed by atoms with Crippen LogP contribution in [-0.2, 0) is 6.54 Å². The highest BCUT2D eigenvalue weighted by Gasteiger charge is 2.33. The molecule has 1 aliphatic heterocycles. The van der Waals surface area contributed by atoms with Crippen molar-refractivity contribution in [1.82, 2.24) is 14.8 Å². The van der Waals surface area contributed by atoms with Crippen LogP contribution in [0.5, 0.6) is 0 Å². The summed E-state index contributed by atoms with van der Waals surface area (Å²) in [5.41, 5.74) is 1.96. The van der Waals surface area contributed by atoms with E-state index in [1.54, 1.807) is 30.4 Å². The van der Waals surface area contributed by atoms with Gasteiger partial charge in [0, 0.05) is 38.6 Å². The number of hydrogen-bond acceptors (Lipinski definition) is 4. The summed E-state index contributed by atoms with van der Waals surface area (Å²) in [5.74, 6) is -0.926. The minimum Gasteiger partial charge on any atom is -0.337 e. The second kappa shape index (κ2) is 5.64. The van der Waals surface area contributed by atoms with Gasteiger partial charge < -0.3 is 4.90 Å². The molecular formula is C17H15N3O3. The molecule has 6 nitrogen and oxygen atoms in total. The van der Waals surface area contributed by atoms with Crippen LogP contribution in [0, 0.1) is 0 Å². The van der Waals surface area contributed by atoms with Gasteiger partial charge in [0.05, 0.1) is 11.1 Å². The third kappa shape index (κ3) is 2.59. The van der Waals surface area contributed by atoms with E-state index in [0.29, 0.717) is 17.7 Å². The van der Waals surface area contributed by atoms with Crippen molar-refractivity contribution in [2.24, 2.45) is 0 Å².